The summed E-state index contributed by atoms with van der Waals surface area (Å²) in [4.78, 5) is 4.83. The number of hydrogen-bond donors (Lipinski definition) is 0. The molecule has 1 unspecified atom stereocenters. The second kappa shape index (κ2) is 15.7. The third-order valence-corrected chi connectivity index (χ3v) is 11.2. The Balaban J connectivity index is 0.00000497. The summed E-state index contributed by atoms with van der Waals surface area (Å²) in [5.41, 5.74) is 10.5. The zero-order valence-corrected chi connectivity index (χ0v) is 36.2. The predicted octanol–water partition coefficient (Wildman–Crippen LogP) is 12.8. The number of rotatable bonds is 9. The van der Waals surface area contributed by atoms with Crippen LogP contribution in [0.2, 0.25) is 0 Å². The minimum absolute atomic E-state index is 0. The Labute approximate surface area is 337 Å². The first-order chi connectivity index (χ1) is 25.2. The maximum Gasteiger partial charge on any atom is 2.00 e. The fourth-order valence-corrected chi connectivity index (χ4v) is 8.50. The number of fused-ring (bicyclic) bond motifs is 3. The molecule has 3 aromatic heterocycles. The van der Waals surface area contributed by atoms with E-state index in [4.69, 9.17) is 14.8 Å². The molecule has 1 aliphatic rings. The van der Waals surface area contributed by atoms with Gasteiger partial charge in [0.05, 0.1) is 5.69 Å². The molecule has 0 fully saturated rings. The molecule has 0 bridgehead atoms. The smallest absolute Gasteiger partial charge is 0.509 e. The van der Waals surface area contributed by atoms with E-state index >= 15 is 0 Å². The largest absolute Gasteiger partial charge is 2.00 e. The number of ether oxygens (including phenoxy) is 1. The minimum Gasteiger partial charge on any atom is -0.509 e. The second-order valence-corrected chi connectivity index (χ2v) is 17.4. The van der Waals surface area contributed by atoms with E-state index in [0.29, 0.717) is 41.1 Å². The molecule has 1 aliphatic carbocycles. The summed E-state index contributed by atoms with van der Waals surface area (Å²) in [6.07, 6.45) is 7.64. The van der Waals surface area contributed by atoms with Gasteiger partial charge in [0, 0.05) is 40.4 Å². The molecule has 6 aromatic rings. The molecule has 3 aromatic carbocycles. The number of nitrogens with zero attached hydrogens (tertiary/aromatic N) is 4. The van der Waals surface area contributed by atoms with Crippen LogP contribution in [0.15, 0.2) is 78.5 Å². The maximum absolute atomic E-state index is 6.78. The number of aromatic nitrogens is 4. The molecule has 0 amide bonds. The molecule has 0 spiro atoms. The summed E-state index contributed by atoms with van der Waals surface area (Å²) in [6.45, 7) is 25.1. The van der Waals surface area contributed by atoms with E-state index in [0.717, 1.165) is 51.8 Å². The van der Waals surface area contributed by atoms with Gasteiger partial charge in [0.2, 0.25) is 0 Å². The minimum atomic E-state index is -0.119. The van der Waals surface area contributed by atoms with Crippen molar-refractivity contribution in [3.05, 3.63) is 119 Å². The van der Waals surface area contributed by atoms with Gasteiger partial charge >= 0.3 is 21.1 Å². The van der Waals surface area contributed by atoms with Crippen LogP contribution in [0.25, 0.3) is 33.3 Å². The molecule has 3 heterocycles. The van der Waals surface area contributed by atoms with Crippen LogP contribution in [0.4, 0.5) is 0 Å². The van der Waals surface area contributed by atoms with Crippen molar-refractivity contribution in [1.29, 1.82) is 0 Å². The van der Waals surface area contributed by atoms with Gasteiger partial charge < -0.3 is 9.30 Å². The molecular weight excluding hydrogens is 844 g/mol. The number of aryl methyl sites for hydroxylation is 1. The maximum atomic E-state index is 6.78. The molecule has 54 heavy (non-hydrogen) atoms. The Hall–Kier alpha value is -3.95. The Morgan fingerprint density at radius 1 is 0.907 bits per heavy atom. The first-order valence-electron chi connectivity index (χ1n) is 19.6. The van der Waals surface area contributed by atoms with Crippen LogP contribution in [0.1, 0.15) is 122 Å². The van der Waals surface area contributed by atoms with E-state index in [1.807, 2.05) is 12.3 Å². The summed E-state index contributed by atoms with van der Waals surface area (Å²) < 4.78 is 11.2. The van der Waals surface area contributed by atoms with E-state index in [1.165, 1.54) is 34.4 Å². The molecule has 7 rings (SSSR count). The second-order valence-electron chi connectivity index (χ2n) is 17.4. The summed E-state index contributed by atoms with van der Waals surface area (Å²) in [7, 11) is 0. The summed E-state index contributed by atoms with van der Waals surface area (Å²) >= 11 is 0. The standard InChI is InChI=1S/C48H56N4O.Pt/c1-29(2)16-19-43-47(46-32(6)22-31(5)23-33(46)7)34(8)50-52(43)37-25-36(48(9,10)11)26-39(27-37)53-38-17-18-41-40-14-12-13-15-42(40)51(44(41)28-38)45-24-35(30(3)4)20-21-49-45;/h12-15,17-18,20-22,24-26,29-31,33,46H,16,19,23H2,1-11H3;/q-2;+2/t31-,33-,46?;/m0./s1. The van der Waals surface area contributed by atoms with Gasteiger partial charge in [0.15, 0.2) is 0 Å². The van der Waals surface area contributed by atoms with Crippen molar-refractivity contribution in [1.82, 2.24) is 19.3 Å². The van der Waals surface area contributed by atoms with Gasteiger partial charge in [-0.2, -0.15) is 11.2 Å². The van der Waals surface area contributed by atoms with Crippen molar-refractivity contribution >= 4 is 21.8 Å². The Kier molecular flexibility index (Phi) is 11.5. The van der Waals surface area contributed by atoms with Crippen LogP contribution >= 0.6 is 0 Å². The molecule has 284 valence electrons. The first kappa shape index (κ1) is 39.7. The van der Waals surface area contributed by atoms with Gasteiger partial charge in [0.25, 0.3) is 0 Å². The number of pyridine rings is 1. The third-order valence-electron chi connectivity index (χ3n) is 11.2. The van der Waals surface area contributed by atoms with Crippen LogP contribution in [0, 0.1) is 36.8 Å². The van der Waals surface area contributed by atoms with Gasteiger partial charge in [-0.3, -0.25) is 4.68 Å². The molecule has 0 radical (unpaired) electrons. The van der Waals surface area contributed by atoms with Crippen LogP contribution in [-0.2, 0) is 32.9 Å². The summed E-state index contributed by atoms with van der Waals surface area (Å²) in [5.74, 6) is 4.67. The van der Waals surface area contributed by atoms with Gasteiger partial charge in [-0.05, 0) is 97.0 Å². The van der Waals surface area contributed by atoms with Crippen LogP contribution < -0.4 is 4.74 Å². The average Bonchev–Trinajstić information content (AvgIpc) is 3.60. The quantitative estimate of drug-likeness (QED) is 0.107. The van der Waals surface area contributed by atoms with Crippen molar-refractivity contribution in [2.75, 3.05) is 0 Å². The van der Waals surface area contributed by atoms with E-state index in [9.17, 15) is 0 Å². The molecule has 0 saturated carbocycles. The van der Waals surface area contributed by atoms with Crippen LogP contribution in [0.5, 0.6) is 11.5 Å². The van der Waals surface area contributed by atoms with Gasteiger partial charge in [0.1, 0.15) is 5.82 Å². The molecular formula is C48H56N4OPt. The monoisotopic (exact) mass is 899 g/mol. The van der Waals surface area contributed by atoms with Crippen molar-refractivity contribution in [2.45, 2.75) is 113 Å². The first-order valence-corrected chi connectivity index (χ1v) is 19.6. The molecule has 0 saturated heterocycles. The number of allylic oxidation sites excluding steroid dienone is 2. The van der Waals surface area contributed by atoms with Crippen molar-refractivity contribution in [2.24, 2.45) is 17.8 Å². The van der Waals surface area contributed by atoms with Crippen LogP contribution in [-0.4, -0.2) is 19.3 Å². The van der Waals surface area contributed by atoms with E-state index in [-0.39, 0.29) is 26.5 Å². The average molecular weight is 900 g/mol. The van der Waals surface area contributed by atoms with Crippen molar-refractivity contribution in [3.63, 3.8) is 0 Å². The van der Waals surface area contributed by atoms with Crippen molar-refractivity contribution < 1.29 is 25.8 Å². The van der Waals surface area contributed by atoms with Crippen molar-refractivity contribution in [3.8, 4) is 23.0 Å². The number of benzene rings is 3. The zero-order chi connectivity index (χ0) is 37.8. The van der Waals surface area contributed by atoms with Crippen LogP contribution in [0.3, 0.4) is 0 Å². The van der Waals surface area contributed by atoms with Gasteiger partial charge in [-0.15, -0.1) is 41.3 Å². The molecule has 0 N–H and O–H groups in total. The normalized spacial score (nSPS) is 17.7. The molecule has 3 atom stereocenters. The number of para-hydroxylation sites is 1. The zero-order valence-electron chi connectivity index (χ0n) is 33.9. The summed E-state index contributed by atoms with van der Waals surface area (Å²) in [6, 6.07) is 28.7. The summed E-state index contributed by atoms with van der Waals surface area (Å²) in [5, 5.41) is 7.58. The third kappa shape index (κ3) is 7.76. The Morgan fingerprint density at radius 2 is 1.67 bits per heavy atom. The number of hydrogen-bond acceptors (Lipinski definition) is 3. The fourth-order valence-electron chi connectivity index (χ4n) is 8.50. The van der Waals surface area contributed by atoms with E-state index in [2.05, 4.69) is 158 Å². The van der Waals surface area contributed by atoms with E-state index in [1.54, 1.807) is 0 Å². The molecule has 6 heteroatoms. The predicted molar refractivity (Wildman–Crippen MR) is 220 cm³/mol. The van der Waals surface area contributed by atoms with Gasteiger partial charge in [-0.25, -0.2) is 4.98 Å². The molecule has 0 aliphatic heterocycles. The SMILES string of the molecule is CC1=C[C@H](C)C[C@H](C)C1c1c(C)nn(-c2[c-]c(Oc3[c-]c4c(cc3)c3ccccc3n4-c3cc(C(C)C)ccn3)cc(C(C)(C)C)c2)c1CCC(C)C.[Pt+2]. The van der Waals surface area contributed by atoms with Gasteiger partial charge in [-0.1, -0.05) is 97.7 Å². The Morgan fingerprint density at radius 3 is 2.37 bits per heavy atom. The fraction of sp³-hybridized carbons (Fsp3) is 0.417. The Bertz CT molecular complexity index is 2320. The molecule has 5 nitrogen and oxygen atoms in total. The topological polar surface area (TPSA) is 44.9 Å². The van der Waals surface area contributed by atoms with E-state index < -0.39 is 0 Å².